The smallest absolute Gasteiger partial charge is 0.129 e. The molecule has 84 valence electrons. The van der Waals surface area contributed by atoms with Crippen molar-refractivity contribution in [2.75, 3.05) is 13.7 Å². The molecule has 1 atom stereocenters. The predicted octanol–water partition coefficient (Wildman–Crippen LogP) is 2.28. The van der Waals surface area contributed by atoms with Gasteiger partial charge >= 0.3 is 0 Å². The summed E-state index contributed by atoms with van der Waals surface area (Å²) in [5.74, 6) is 0.267. The summed E-state index contributed by atoms with van der Waals surface area (Å²) in [7, 11) is 1.69. The number of hydrogen-bond acceptors (Lipinski definition) is 3. The fourth-order valence-corrected chi connectivity index (χ4v) is 1.69. The third kappa shape index (κ3) is 4.20. The third-order valence-electron chi connectivity index (χ3n) is 2.08. The minimum absolute atomic E-state index is 0.267. The Bertz CT molecular complexity index is 317. The number of halogens is 1. The number of hydrogen-bond donors (Lipinski definition) is 2. The molecular weight excluding hydrogens is 258 g/mol. The molecule has 0 bridgehead atoms. The van der Waals surface area contributed by atoms with E-state index >= 15 is 0 Å². The molecule has 0 radical (unpaired) electrons. The van der Waals surface area contributed by atoms with Crippen molar-refractivity contribution >= 4 is 15.9 Å². The molecule has 4 heteroatoms. The van der Waals surface area contributed by atoms with Crippen molar-refractivity contribution in [3.8, 4) is 5.75 Å². The van der Waals surface area contributed by atoms with E-state index in [1.165, 1.54) is 0 Å². The lowest BCUT2D eigenvalue weighted by molar-refractivity contribution is 0.171. The van der Waals surface area contributed by atoms with Crippen LogP contribution in [0.15, 0.2) is 22.7 Å². The van der Waals surface area contributed by atoms with Gasteiger partial charge < -0.3 is 15.2 Å². The van der Waals surface area contributed by atoms with Gasteiger partial charge in [0.2, 0.25) is 0 Å². The van der Waals surface area contributed by atoms with Crippen LogP contribution in [0, 0.1) is 0 Å². The summed E-state index contributed by atoms with van der Waals surface area (Å²) >= 11 is 3.28. The van der Waals surface area contributed by atoms with Crippen LogP contribution in [0.4, 0.5) is 0 Å². The summed E-state index contributed by atoms with van der Waals surface area (Å²) < 4.78 is 5.75. The highest BCUT2D eigenvalue weighted by molar-refractivity contribution is 9.10. The Kier molecular flexibility index (Phi) is 5.08. The summed E-state index contributed by atoms with van der Waals surface area (Å²) in [6.45, 7) is 3.53. The fraction of sp³-hybridized carbons (Fsp3) is 0.455. The molecule has 0 heterocycles. The summed E-state index contributed by atoms with van der Waals surface area (Å²) in [5.41, 5.74) is 1.13. The van der Waals surface area contributed by atoms with Gasteiger partial charge in [0.25, 0.3) is 0 Å². The van der Waals surface area contributed by atoms with Crippen LogP contribution in [-0.2, 0) is 11.3 Å². The highest BCUT2D eigenvalue weighted by Gasteiger charge is 2.02. The molecule has 0 aliphatic carbocycles. The minimum Gasteiger partial charge on any atom is -0.507 e. The Morgan fingerprint density at radius 1 is 1.53 bits per heavy atom. The first kappa shape index (κ1) is 12.5. The largest absolute Gasteiger partial charge is 0.507 e. The molecule has 0 aliphatic heterocycles. The predicted molar refractivity (Wildman–Crippen MR) is 64.0 cm³/mol. The van der Waals surface area contributed by atoms with Crippen molar-refractivity contribution in [1.29, 1.82) is 0 Å². The summed E-state index contributed by atoms with van der Waals surface area (Å²) in [4.78, 5) is 0. The molecule has 0 amide bonds. The molecule has 1 rings (SSSR count). The lowest BCUT2D eigenvalue weighted by atomic mass is 10.2. The van der Waals surface area contributed by atoms with Crippen LogP contribution in [0.25, 0.3) is 0 Å². The maximum absolute atomic E-state index is 9.32. The van der Waals surface area contributed by atoms with Crippen LogP contribution in [0.1, 0.15) is 12.5 Å². The lowest BCUT2D eigenvalue weighted by Gasteiger charge is -2.12. The molecule has 15 heavy (non-hydrogen) atoms. The molecule has 0 spiro atoms. The van der Waals surface area contributed by atoms with Gasteiger partial charge in [0.05, 0.1) is 11.1 Å². The van der Waals surface area contributed by atoms with Crippen molar-refractivity contribution in [2.24, 2.45) is 0 Å². The molecule has 0 aliphatic rings. The first-order chi connectivity index (χ1) is 7.13. The molecule has 2 N–H and O–H groups in total. The second-order valence-electron chi connectivity index (χ2n) is 3.52. The van der Waals surface area contributed by atoms with E-state index in [0.717, 1.165) is 16.6 Å². The molecule has 0 saturated carbocycles. The van der Waals surface area contributed by atoms with E-state index in [1.54, 1.807) is 13.2 Å². The van der Waals surface area contributed by atoms with Crippen LogP contribution >= 0.6 is 15.9 Å². The molecular formula is C11H16BrNO2. The maximum Gasteiger partial charge on any atom is 0.129 e. The van der Waals surface area contributed by atoms with E-state index in [9.17, 15) is 5.11 Å². The molecule has 0 fully saturated rings. The van der Waals surface area contributed by atoms with Gasteiger partial charge in [0.15, 0.2) is 0 Å². The number of rotatable bonds is 5. The van der Waals surface area contributed by atoms with Gasteiger partial charge in [-0.3, -0.25) is 0 Å². The van der Waals surface area contributed by atoms with Crippen LogP contribution in [-0.4, -0.2) is 24.9 Å². The summed E-state index contributed by atoms with van der Waals surface area (Å²) in [6.07, 6.45) is 0. The van der Waals surface area contributed by atoms with E-state index in [1.807, 2.05) is 12.1 Å². The quantitative estimate of drug-likeness (QED) is 0.865. The van der Waals surface area contributed by atoms with Crippen molar-refractivity contribution in [1.82, 2.24) is 5.32 Å². The number of benzene rings is 1. The fourth-order valence-electron chi connectivity index (χ4n) is 1.26. The van der Waals surface area contributed by atoms with Crippen LogP contribution in [0.5, 0.6) is 5.75 Å². The number of phenols is 1. The monoisotopic (exact) mass is 273 g/mol. The third-order valence-corrected chi connectivity index (χ3v) is 2.72. The van der Waals surface area contributed by atoms with E-state index < -0.39 is 0 Å². The van der Waals surface area contributed by atoms with Gasteiger partial charge in [0.1, 0.15) is 5.75 Å². The molecule has 1 aromatic rings. The van der Waals surface area contributed by atoms with Crippen molar-refractivity contribution in [3.63, 3.8) is 0 Å². The average molecular weight is 274 g/mol. The SMILES string of the molecule is COC[C@@H](C)NCc1ccc(O)c(Br)c1. The Balaban J connectivity index is 2.47. The first-order valence-corrected chi connectivity index (χ1v) is 5.62. The van der Waals surface area contributed by atoms with Crippen molar-refractivity contribution in [3.05, 3.63) is 28.2 Å². The number of aromatic hydroxyl groups is 1. The van der Waals surface area contributed by atoms with Gasteiger partial charge in [-0.2, -0.15) is 0 Å². The van der Waals surface area contributed by atoms with Gasteiger partial charge in [-0.15, -0.1) is 0 Å². The highest BCUT2D eigenvalue weighted by atomic mass is 79.9. The van der Waals surface area contributed by atoms with Crippen molar-refractivity contribution < 1.29 is 9.84 Å². The topological polar surface area (TPSA) is 41.5 Å². The molecule has 0 saturated heterocycles. The second-order valence-corrected chi connectivity index (χ2v) is 4.38. The second kappa shape index (κ2) is 6.10. The minimum atomic E-state index is 0.267. The zero-order valence-electron chi connectivity index (χ0n) is 8.96. The van der Waals surface area contributed by atoms with Gasteiger partial charge in [-0.05, 0) is 40.5 Å². The molecule has 0 aromatic heterocycles. The molecule has 0 unspecified atom stereocenters. The number of ether oxygens (including phenoxy) is 1. The molecule has 3 nitrogen and oxygen atoms in total. The number of phenolic OH excluding ortho intramolecular Hbond substituents is 1. The Morgan fingerprint density at radius 3 is 2.87 bits per heavy atom. The number of methoxy groups -OCH3 is 1. The normalized spacial score (nSPS) is 12.7. The summed E-state index contributed by atoms with van der Waals surface area (Å²) in [5, 5.41) is 12.6. The average Bonchev–Trinajstić information content (AvgIpc) is 2.20. The Labute approximate surface area is 98.6 Å². The van der Waals surface area contributed by atoms with E-state index in [-0.39, 0.29) is 5.75 Å². The zero-order valence-corrected chi connectivity index (χ0v) is 10.5. The van der Waals surface area contributed by atoms with Gasteiger partial charge in [-0.25, -0.2) is 0 Å². The summed E-state index contributed by atoms with van der Waals surface area (Å²) in [6, 6.07) is 5.80. The Hall–Kier alpha value is -0.580. The van der Waals surface area contributed by atoms with Crippen LogP contribution in [0.2, 0.25) is 0 Å². The van der Waals surface area contributed by atoms with Crippen molar-refractivity contribution in [2.45, 2.75) is 19.5 Å². The molecule has 1 aromatic carbocycles. The van der Waals surface area contributed by atoms with E-state index in [4.69, 9.17) is 4.74 Å². The number of nitrogens with one attached hydrogen (secondary N) is 1. The van der Waals surface area contributed by atoms with E-state index in [0.29, 0.717) is 12.6 Å². The lowest BCUT2D eigenvalue weighted by Crippen LogP contribution is -2.29. The highest BCUT2D eigenvalue weighted by Crippen LogP contribution is 2.24. The van der Waals surface area contributed by atoms with Crippen LogP contribution in [0.3, 0.4) is 0 Å². The standard InChI is InChI=1S/C11H16BrNO2/c1-8(7-15-2)13-6-9-3-4-11(14)10(12)5-9/h3-5,8,13-14H,6-7H2,1-2H3/t8-/m1/s1. The van der Waals surface area contributed by atoms with Gasteiger partial charge in [-0.1, -0.05) is 6.07 Å². The zero-order chi connectivity index (χ0) is 11.3. The Morgan fingerprint density at radius 2 is 2.27 bits per heavy atom. The maximum atomic E-state index is 9.32. The first-order valence-electron chi connectivity index (χ1n) is 4.83. The van der Waals surface area contributed by atoms with Crippen LogP contribution < -0.4 is 5.32 Å². The van der Waals surface area contributed by atoms with E-state index in [2.05, 4.69) is 28.2 Å². The van der Waals surface area contributed by atoms with Gasteiger partial charge in [0, 0.05) is 19.7 Å².